The number of hydrogen-bond acceptors (Lipinski definition) is 1. The molecular formula is C4H8OSi. The summed E-state index contributed by atoms with van der Waals surface area (Å²) in [4.78, 5) is 9.70. The lowest BCUT2D eigenvalue weighted by Gasteiger charge is -1.83. The van der Waals surface area contributed by atoms with Crippen LogP contribution < -0.4 is 0 Å². The van der Waals surface area contributed by atoms with E-state index in [9.17, 15) is 4.79 Å². The highest BCUT2D eigenvalue weighted by Gasteiger charge is 1.84. The van der Waals surface area contributed by atoms with Gasteiger partial charge in [-0.2, -0.15) is 0 Å². The Bertz CT molecular complexity index is 52.6. The van der Waals surface area contributed by atoms with Crippen molar-refractivity contribution in [2.75, 3.05) is 0 Å². The van der Waals surface area contributed by atoms with Crippen LogP contribution in [0.5, 0.6) is 0 Å². The predicted molar refractivity (Wildman–Crippen MR) is 29.9 cm³/mol. The molecule has 6 heavy (non-hydrogen) atoms. The second kappa shape index (κ2) is 2.84. The van der Waals surface area contributed by atoms with Crippen LogP contribution in [0.3, 0.4) is 0 Å². The highest BCUT2D eigenvalue weighted by molar-refractivity contribution is 6.21. The van der Waals surface area contributed by atoms with Gasteiger partial charge in [0.2, 0.25) is 0 Å². The first kappa shape index (κ1) is 5.63. The maximum Gasteiger partial charge on any atom is 0.123 e. The molecular weight excluding hydrogens is 92.1 g/mol. The van der Waals surface area contributed by atoms with Crippen molar-refractivity contribution >= 4 is 16.5 Å². The molecule has 0 spiro atoms. The Morgan fingerprint density at radius 2 is 2.33 bits per heavy atom. The summed E-state index contributed by atoms with van der Waals surface area (Å²) in [7, 11) is 0.904. The van der Waals surface area contributed by atoms with E-state index in [1.807, 2.05) is 0 Å². The monoisotopic (exact) mass is 100 g/mol. The minimum Gasteiger partial charge on any atom is -0.303 e. The first-order valence-electron chi connectivity index (χ1n) is 1.89. The summed E-state index contributed by atoms with van der Waals surface area (Å²) in [5.41, 5.74) is 0.157. The zero-order chi connectivity index (χ0) is 4.99. The van der Waals surface area contributed by atoms with Crippen LogP contribution in [-0.2, 0) is 4.79 Å². The van der Waals surface area contributed by atoms with Gasteiger partial charge in [-0.3, -0.25) is 0 Å². The van der Waals surface area contributed by atoms with Gasteiger partial charge < -0.3 is 4.79 Å². The molecule has 0 heterocycles. The van der Waals surface area contributed by atoms with Gasteiger partial charge in [-0.1, -0.05) is 6.08 Å². The number of aldehydes is 1. The van der Waals surface area contributed by atoms with Crippen molar-refractivity contribution in [1.29, 1.82) is 0 Å². The number of hydrogen-bond donors (Lipinski definition) is 0. The van der Waals surface area contributed by atoms with Gasteiger partial charge in [0, 0.05) is 15.8 Å². The van der Waals surface area contributed by atoms with E-state index in [-0.39, 0.29) is 5.54 Å². The normalized spacial score (nSPS) is 13.3. The standard InChI is InChI=1S/C4H8OSi/c1-2-4(6)3-5/h2-4H,1H2,6H3. The Hall–Kier alpha value is -0.373. The fourth-order valence-electron chi connectivity index (χ4n) is 0.0556. The molecule has 0 rings (SSSR count). The van der Waals surface area contributed by atoms with Crippen LogP contribution in [0.15, 0.2) is 12.7 Å². The minimum absolute atomic E-state index is 0.157. The summed E-state index contributed by atoms with van der Waals surface area (Å²) < 4.78 is 0. The van der Waals surface area contributed by atoms with Crippen LogP contribution >= 0.6 is 0 Å². The van der Waals surface area contributed by atoms with Gasteiger partial charge >= 0.3 is 0 Å². The first-order valence-corrected chi connectivity index (χ1v) is 3.04. The molecule has 2 heteroatoms. The predicted octanol–water partition coefficient (Wildman–Crippen LogP) is -0.475. The Kier molecular flexibility index (Phi) is 2.67. The largest absolute Gasteiger partial charge is 0.303 e. The van der Waals surface area contributed by atoms with E-state index < -0.39 is 0 Å². The summed E-state index contributed by atoms with van der Waals surface area (Å²) in [5, 5.41) is 0. The number of carbonyl (C=O) groups is 1. The zero-order valence-electron chi connectivity index (χ0n) is 3.85. The molecule has 0 aromatic rings. The summed E-state index contributed by atoms with van der Waals surface area (Å²) >= 11 is 0. The molecule has 34 valence electrons. The molecule has 1 unspecified atom stereocenters. The summed E-state index contributed by atoms with van der Waals surface area (Å²) in [6.07, 6.45) is 2.58. The second-order valence-electron chi connectivity index (χ2n) is 1.23. The topological polar surface area (TPSA) is 17.1 Å². The Labute approximate surface area is 40.5 Å². The molecule has 0 N–H and O–H groups in total. The van der Waals surface area contributed by atoms with Crippen LogP contribution in [0.4, 0.5) is 0 Å². The summed E-state index contributed by atoms with van der Waals surface area (Å²) in [5.74, 6) is 0. The average molecular weight is 100 g/mol. The number of carbonyl (C=O) groups excluding carboxylic acids is 1. The van der Waals surface area contributed by atoms with Crippen LogP contribution in [-0.4, -0.2) is 16.5 Å². The van der Waals surface area contributed by atoms with E-state index in [4.69, 9.17) is 0 Å². The van der Waals surface area contributed by atoms with E-state index >= 15 is 0 Å². The van der Waals surface area contributed by atoms with Crippen LogP contribution in [0.2, 0.25) is 5.54 Å². The van der Waals surface area contributed by atoms with Gasteiger partial charge in [0.05, 0.1) is 0 Å². The van der Waals surface area contributed by atoms with Gasteiger partial charge in [-0.05, 0) is 0 Å². The van der Waals surface area contributed by atoms with Gasteiger partial charge in [-0.15, -0.1) is 6.58 Å². The van der Waals surface area contributed by atoms with Gasteiger partial charge in [-0.25, -0.2) is 0 Å². The molecule has 0 radical (unpaired) electrons. The second-order valence-corrected chi connectivity index (χ2v) is 2.56. The van der Waals surface area contributed by atoms with Crippen LogP contribution in [0.1, 0.15) is 0 Å². The van der Waals surface area contributed by atoms with E-state index in [1.54, 1.807) is 6.08 Å². The van der Waals surface area contributed by atoms with E-state index in [2.05, 4.69) is 6.58 Å². The third kappa shape index (κ3) is 1.90. The highest BCUT2D eigenvalue weighted by atomic mass is 28.1. The lowest BCUT2D eigenvalue weighted by Crippen LogP contribution is -1.84. The van der Waals surface area contributed by atoms with Crippen molar-refractivity contribution in [3.63, 3.8) is 0 Å². The van der Waals surface area contributed by atoms with Crippen LogP contribution in [0, 0.1) is 0 Å². The molecule has 0 saturated carbocycles. The van der Waals surface area contributed by atoms with E-state index in [0.29, 0.717) is 0 Å². The molecule has 1 nitrogen and oxygen atoms in total. The molecule has 0 saturated heterocycles. The Balaban J connectivity index is 3.21. The molecule has 0 aliphatic carbocycles. The fraction of sp³-hybridized carbons (Fsp3) is 0.250. The smallest absolute Gasteiger partial charge is 0.123 e. The van der Waals surface area contributed by atoms with Crippen molar-refractivity contribution in [3.05, 3.63) is 12.7 Å². The summed E-state index contributed by atoms with van der Waals surface area (Å²) in [6, 6.07) is 0. The van der Waals surface area contributed by atoms with Crippen molar-refractivity contribution in [2.45, 2.75) is 5.54 Å². The Morgan fingerprint density at radius 3 is 2.33 bits per heavy atom. The third-order valence-electron chi connectivity index (χ3n) is 0.586. The SMILES string of the molecule is C=CC([SiH3])C=O. The van der Waals surface area contributed by atoms with Gasteiger partial charge in [0.25, 0.3) is 0 Å². The minimum atomic E-state index is 0.157. The third-order valence-corrected chi connectivity index (χ3v) is 1.33. The van der Waals surface area contributed by atoms with Crippen molar-refractivity contribution in [2.24, 2.45) is 0 Å². The molecule has 0 fully saturated rings. The molecule has 0 aliphatic rings. The van der Waals surface area contributed by atoms with E-state index in [1.165, 1.54) is 0 Å². The lowest BCUT2D eigenvalue weighted by molar-refractivity contribution is -0.107. The first-order chi connectivity index (χ1) is 2.81. The summed E-state index contributed by atoms with van der Waals surface area (Å²) in [6.45, 7) is 3.43. The Morgan fingerprint density at radius 1 is 1.83 bits per heavy atom. The van der Waals surface area contributed by atoms with Crippen molar-refractivity contribution < 1.29 is 4.79 Å². The average Bonchev–Trinajstić information content (AvgIpc) is 1.65. The lowest BCUT2D eigenvalue weighted by atomic mass is 10.5. The van der Waals surface area contributed by atoms with Gasteiger partial charge in [0.1, 0.15) is 6.29 Å². The van der Waals surface area contributed by atoms with Gasteiger partial charge in [0.15, 0.2) is 0 Å². The molecule has 0 aromatic heterocycles. The maximum absolute atomic E-state index is 9.70. The van der Waals surface area contributed by atoms with Crippen molar-refractivity contribution in [3.8, 4) is 0 Å². The molecule has 0 aromatic carbocycles. The highest BCUT2D eigenvalue weighted by Crippen LogP contribution is 1.88. The molecule has 1 atom stereocenters. The fourth-order valence-corrected chi connectivity index (χ4v) is 0.0556. The van der Waals surface area contributed by atoms with Crippen molar-refractivity contribution in [1.82, 2.24) is 0 Å². The number of allylic oxidation sites excluding steroid dienone is 1. The zero-order valence-corrected chi connectivity index (χ0v) is 5.85. The molecule has 0 bridgehead atoms. The van der Waals surface area contributed by atoms with Crippen LogP contribution in [0.25, 0.3) is 0 Å². The molecule has 0 aliphatic heterocycles. The molecule has 0 amide bonds. The number of rotatable bonds is 2. The quantitative estimate of drug-likeness (QED) is 0.260. The maximum atomic E-state index is 9.70. The van der Waals surface area contributed by atoms with E-state index in [0.717, 1.165) is 16.5 Å².